The zero-order valence-corrected chi connectivity index (χ0v) is 16.3. The van der Waals surface area contributed by atoms with Crippen molar-refractivity contribution in [2.24, 2.45) is 0 Å². The number of fused-ring (bicyclic) bond motifs is 1. The van der Waals surface area contributed by atoms with E-state index >= 15 is 0 Å². The van der Waals surface area contributed by atoms with E-state index in [9.17, 15) is 4.79 Å². The number of hydrogen-bond donors (Lipinski definition) is 0. The molecule has 0 atom stereocenters. The highest BCUT2D eigenvalue weighted by Crippen LogP contribution is 2.31. The number of nitrogens with zero attached hydrogens (tertiary/aromatic N) is 3. The van der Waals surface area contributed by atoms with Gasteiger partial charge in [-0.15, -0.1) is 11.3 Å². The summed E-state index contributed by atoms with van der Waals surface area (Å²) in [6.07, 6.45) is 1.98. The molecule has 0 amide bonds. The molecule has 3 aromatic rings. The summed E-state index contributed by atoms with van der Waals surface area (Å²) >= 11 is 3.06. The van der Waals surface area contributed by atoms with E-state index in [4.69, 9.17) is 9.72 Å². The van der Waals surface area contributed by atoms with Gasteiger partial charge in [-0.25, -0.2) is 4.98 Å². The second-order valence-electron chi connectivity index (χ2n) is 6.20. The second-order valence-corrected chi connectivity index (χ2v) is 8.03. The van der Waals surface area contributed by atoms with Crippen LogP contribution in [0.4, 0.5) is 0 Å². The van der Waals surface area contributed by atoms with E-state index in [1.54, 1.807) is 0 Å². The Balaban J connectivity index is 1.68. The molecule has 26 heavy (non-hydrogen) atoms. The Kier molecular flexibility index (Phi) is 5.40. The lowest BCUT2D eigenvalue weighted by Gasteiger charge is -2.26. The molecule has 0 saturated carbocycles. The summed E-state index contributed by atoms with van der Waals surface area (Å²) in [7, 11) is 0. The average molecular weight is 388 g/mol. The maximum Gasteiger partial charge on any atom is 0.272 e. The zero-order valence-electron chi connectivity index (χ0n) is 14.7. The first-order valence-corrected chi connectivity index (χ1v) is 10.7. The highest BCUT2D eigenvalue weighted by molar-refractivity contribution is 7.98. The maximum atomic E-state index is 13.1. The van der Waals surface area contributed by atoms with Crippen molar-refractivity contribution in [2.75, 3.05) is 39.1 Å². The van der Waals surface area contributed by atoms with Gasteiger partial charge in [0.25, 0.3) is 5.56 Å². The molecule has 2 aromatic heterocycles. The Labute approximate surface area is 160 Å². The molecule has 1 aliphatic rings. The third kappa shape index (κ3) is 3.57. The van der Waals surface area contributed by atoms with Gasteiger partial charge in [0.2, 0.25) is 0 Å². The van der Waals surface area contributed by atoms with Crippen LogP contribution in [0.3, 0.4) is 0 Å². The summed E-state index contributed by atoms with van der Waals surface area (Å²) in [4.78, 5) is 21.3. The number of benzene rings is 1. The van der Waals surface area contributed by atoms with Crippen LogP contribution in [0.25, 0.3) is 20.7 Å². The van der Waals surface area contributed by atoms with Gasteiger partial charge in [-0.05, 0) is 17.9 Å². The molecule has 0 radical (unpaired) electrons. The molecular weight excluding hydrogens is 366 g/mol. The fourth-order valence-electron chi connectivity index (χ4n) is 3.15. The van der Waals surface area contributed by atoms with Crippen LogP contribution in [0.2, 0.25) is 0 Å². The van der Waals surface area contributed by atoms with Gasteiger partial charge in [-0.2, -0.15) is 0 Å². The first-order chi connectivity index (χ1) is 12.8. The number of morpholine rings is 1. The predicted octanol–water partition coefficient (Wildman–Crippen LogP) is 3.18. The van der Waals surface area contributed by atoms with Gasteiger partial charge in [-0.3, -0.25) is 14.3 Å². The quantitative estimate of drug-likeness (QED) is 0.497. The second kappa shape index (κ2) is 7.92. The molecule has 0 N–H and O–H groups in total. The fourth-order valence-corrected chi connectivity index (χ4v) is 4.79. The van der Waals surface area contributed by atoms with Crippen LogP contribution in [-0.2, 0) is 11.3 Å². The predicted molar refractivity (Wildman–Crippen MR) is 108 cm³/mol. The van der Waals surface area contributed by atoms with Crippen molar-refractivity contribution >= 4 is 33.3 Å². The Morgan fingerprint density at radius 1 is 1.19 bits per heavy atom. The van der Waals surface area contributed by atoms with Crippen molar-refractivity contribution in [2.45, 2.75) is 11.7 Å². The topological polar surface area (TPSA) is 47.4 Å². The number of hydrogen-bond acceptors (Lipinski definition) is 6. The van der Waals surface area contributed by atoms with Crippen molar-refractivity contribution in [1.82, 2.24) is 14.5 Å². The van der Waals surface area contributed by atoms with Gasteiger partial charge in [0.15, 0.2) is 5.16 Å². The van der Waals surface area contributed by atoms with Gasteiger partial charge in [0, 0.05) is 31.1 Å². The van der Waals surface area contributed by atoms with Gasteiger partial charge >= 0.3 is 0 Å². The number of thioether (sulfide) groups is 1. The fraction of sp³-hybridized carbons (Fsp3) is 0.368. The molecule has 0 spiro atoms. The molecule has 1 aliphatic heterocycles. The summed E-state index contributed by atoms with van der Waals surface area (Å²) in [5, 5.41) is 0.785. The number of ether oxygens (including phenoxy) is 1. The van der Waals surface area contributed by atoms with Crippen LogP contribution < -0.4 is 5.56 Å². The van der Waals surface area contributed by atoms with Crippen LogP contribution >= 0.6 is 23.1 Å². The van der Waals surface area contributed by atoms with Crippen LogP contribution in [-0.4, -0.2) is 53.6 Å². The third-order valence-corrected chi connectivity index (χ3v) is 6.42. The van der Waals surface area contributed by atoms with Gasteiger partial charge in [-0.1, -0.05) is 42.1 Å². The van der Waals surface area contributed by atoms with Crippen molar-refractivity contribution in [3.63, 3.8) is 0 Å². The summed E-state index contributed by atoms with van der Waals surface area (Å²) in [5.41, 5.74) is 1.99. The van der Waals surface area contributed by atoms with Crippen molar-refractivity contribution in [3.8, 4) is 10.4 Å². The summed E-state index contributed by atoms with van der Waals surface area (Å²) in [6.45, 7) is 4.91. The minimum atomic E-state index is 0.0693. The third-order valence-electron chi connectivity index (χ3n) is 4.58. The van der Waals surface area contributed by atoms with E-state index in [0.717, 1.165) is 58.7 Å². The Morgan fingerprint density at radius 3 is 2.69 bits per heavy atom. The lowest BCUT2D eigenvalue weighted by atomic mass is 10.2. The average Bonchev–Trinajstić information content (AvgIpc) is 3.13. The molecule has 5 nitrogen and oxygen atoms in total. The van der Waals surface area contributed by atoms with Gasteiger partial charge in [0.05, 0.1) is 18.7 Å². The van der Waals surface area contributed by atoms with Crippen LogP contribution in [0, 0.1) is 0 Å². The number of rotatable bonds is 5. The van der Waals surface area contributed by atoms with Crippen LogP contribution in [0.15, 0.2) is 46.3 Å². The lowest BCUT2D eigenvalue weighted by Crippen LogP contribution is -2.39. The Bertz CT molecular complexity index is 947. The van der Waals surface area contributed by atoms with Crippen LogP contribution in [0.1, 0.15) is 0 Å². The normalized spacial score (nSPS) is 15.6. The van der Waals surface area contributed by atoms with E-state index in [-0.39, 0.29) is 5.56 Å². The first kappa shape index (κ1) is 17.7. The summed E-state index contributed by atoms with van der Waals surface area (Å²) in [6, 6.07) is 12.2. The standard InChI is InChI=1S/C19H21N3O2S2/c1-25-19-20-15-13-16(14-5-3-2-4-6-14)26-17(15)18(23)22(19)8-7-21-9-11-24-12-10-21/h2-6,13H,7-12H2,1H3. The number of thiophene rings is 1. The monoisotopic (exact) mass is 387 g/mol. The van der Waals surface area contributed by atoms with Crippen LogP contribution in [0.5, 0.6) is 0 Å². The zero-order chi connectivity index (χ0) is 17.9. The minimum absolute atomic E-state index is 0.0693. The molecule has 136 valence electrons. The number of aromatic nitrogens is 2. The molecule has 3 heterocycles. The van der Waals surface area contributed by atoms with Crippen molar-refractivity contribution in [1.29, 1.82) is 0 Å². The largest absolute Gasteiger partial charge is 0.379 e. The van der Waals surface area contributed by atoms with Crippen molar-refractivity contribution < 1.29 is 4.74 Å². The van der Waals surface area contributed by atoms with E-state index in [1.165, 1.54) is 23.1 Å². The molecule has 4 rings (SSSR count). The smallest absolute Gasteiger partial charge is 0.272 e. The minimum Gasteiger partial charge on any atom is -0.379 e. The van der Waals surface area contributed by atoms with E-state index in [2.05, 4.69) is 17.0 Å². The highest BCUT2D eigenvalue weighted by Gasteiger charge is 2.16. The van der Waals surface area contributed by atoms with E-state index in [1.807, 2.05) is 35.1 Å². The molecule has 0 unspecified atom stereocenters. The molecule has 1 saturated heterocycles. The molecule has 0 aliphatic carbocycles. The summed E-state index contributed by atoms with van der Waals surface area (Å²) in [5.74, 6) is 0. The Hall–Kier alpha value is -1.67. The van der Waals surface area contributed by atoms with E-state index in [0.29, 0.717) is 6.54 Å². The van der Waals surface area contributed by atoms with Crippen molar-refractivity contribution in [3.05, 3.63) is 46.8 Å². The Morgan fingerprint density at radius 2 is 1.96 bits per heavy atom. The first-order valence-electron chi connectivity index (χ1n) is 8.70. The SMILES string of the molecule is CSc1nc2cc(-c3ccccc3)sc2c(=O)n1CCN1CCOCC1. The molecule has 0 bridgehead atoms. The molecule has 1 aromatic carbocycles. The van der Waals surface area contributed by atoms with Gasteiger partial charge < -0.3 is 4.74 Å². The molecule has 7 heteroatoms. The summed E-state index contributed by atoms with van der Waals surface area (Å²) < 4.78 is 7.96. The highest BCUT2D eigenvalue weighted by atomic mass is 32.2. The van der Waals surface area contributed by atoms with Gasteiger partial charge in [0.1, 0.15) is 4.70 Å². The molecular formula is C19H21N3O2S2. The lowest BCUT2D eigenvalue weighted by molar-refractivity contribution is 0.0359. The van der Waals surface area contributed by atoms with E-state index < -0.39 is 0 Å². The molecule has 1 fully saturated rings. The maximum absolute atomic E-state index is 13.1.